The summed E-state index contributed by atoms with van der Waals surface area (Å²) in [5, 5.41) is 10.4. The molecule has 1 N–H and O–H groups in total. The van der Waals surface area contributed by atoms with Gasteiger partial charge in [0.15, 0.2) is 0 Å². The van der Waals surface area contributed by atoms with E-state index in [1.807, 2.05) is 0 Å². The lowest BCUT2D eigenvalue weighted by Gasteiger charge is -2.06. The van der Waals surface area contributed by atoms with E-state index in [2.05, 4.69) is 9.97 Å². The summed E-state index contributed by atoms with van der Waals surface area (Å²) in [5.41, 5.74) is 1.73. The third kappa shape index (κ3) is 1.68. The molecule has 2 aromatic carbocycles. The van der Waals surface area contributed by atoms with Crippen LogP contribution in [0.25, 0.3) is 22.2 Å². The van der Waals surface area contributed by atoms with Crippen LogP contribution in [-0.4, -0.2) is 15.1 Å². The molecule has 4 heteroatoms. The fourth-order valence-corrected chi connectivity index (χ4v) is 1.94. The van der Waals surface area contributed by atoms with Crippen LogP contribution in [0.3, 0.4) is 0 Å². The molecule has 0 atom stereocenters. The van der Waals surface area contributed by atoms with Gasteiger partial charge >= 0.3 is 0 Å². The number of benzene rings is 2. The van der Waals surface area contributed by atoms with Crippen LogP contribution < -0.4 is 0 Å². The summed E-state index contributed by atoms with van der Waals surface area (Å²) in [6.45, 7) is 0. The van der Waals surface area contributed by atoms with Crippen molar-refractivity contribution in [3.8, 4) is 17.0 Å². The predicted molar refractivity (Wildman–Crippen MR) is 66.6 cm³/mol. The Balaban J connectivity index is 2.33. The third-order valence-electron chi connectivity index (χ3n) is 2.74. The van der Waals surface area contributed by atoms with E-state index >= 15 is 0 Å². The van der Waals surface area contributed by atoms with Crippen LogP contribution in [0.4, 0.5) is 4.39 Å². The highest BCUT2D eigenvalue weighted by atomic mass is 19.1. The van der Waals surface area contributed by atoms with Crippen molar-refractivity contribution in [2.75, 3.05) is 0 Å². The van der Waals surface area contributed by atoms with Crippen LogP contribution in [0.15, 0.2) is 48.8 Å². The second-order valence-electron chi connectivity index (χ2n) is 3.91. The van der Waals surface area contributed by atoms with Gasteiger partial charge in [-0.2, -0.15) is 0 Å². The average molecular weight is 240 g/mol. The number of fused-ring (bicyclic) bond motifs is 1. The number of para-hydroxylation sites is 1. The second kappa shape index (κ2) is 4.07. The highest BCUT2D eigenvalue weighted by molar-refractivity contribution is 5.95. The number of rotatable bonds is 1. The lowest BCUT2D eigenvalue weighted by atomic mass is 10.1. The summed E-state index contributed by atoms with van der Waals surface area (Å²) in [7, 11) is 0. The molecule has 18 heavy (non-hydrogen) atoms. The smallest absolute Gasteiger partial charge is 0.141 e. The Bertz CT molecular complexity index is 728. The molecule has 0 aliphatic heterocycles. The maximum atomic E-state index is 13.2. The Morgan fingerprint density at radius 3 is 2.67 bits per heavy atom. The average Bonchev–Trinajstić information content (AvgIpc) is 2.39. The van der Waals surface area contributed by atoms with Crippen LogP contribution in [0, 0.1) is 5.82 Å². The Hall–Kier alpha value is -2.49. The molecule has 0 spiro atoms. The summed E-state index contributed by atoms with van der Waals surface area (Å²) < 4.78 is 13.2. The lowest BCUT2D eigenvalue weighted by Crippen LogP contribution is -1.89. The molecule has 0 aliphatic carbocycles. The third-order valence-corrected chi connectivity index (χ3v) is 2.74. The minimum Gasteiger partial charge on any atom is -0.506 e. The number of phenolic OH excluding ortho intramolecular Hbond substituents is 1. The van der Waals surface area contributed by atoms with E-state index in [1.54, 1.807) is 30.3 Å². The van der Waals surface area contributed by atoms with E-state index in [9.17, 15) is 9.50 Å². The maximum absolute atomic E-state index is 13.2. The van der Waals surface area contributed by atoms with Gasteiger partial charge in [-0.15, -0.1) is 0 Å². The topological polar surface area (TPSA) is 46.0 Å². The quantitative estimate of drug-likeness (QED) is 0.710. The summed E-state index contributed by atoms with van der Waals surface area (Å²) in [5.74, 6) is -0.230. The Kier molecular flexibility index (Phi) is 2.41. The van der Waals surface area contributed by atoms with Gasteiger partial charge in [-0.1, -0.05) is 24.3 Å². The number of aromatic nitrogens is 2. The molecule has 0 fully saturated rings. The molecule has 3 aromatic rings. The Morgan fingerprint density at radius 1 is 1.00 bits per heavy atom. The molecule has 0 saturated heterocycles. The van der Waals surface area contributed by atoms with Crippen molar-refractivity contribution < 1.29 is 9.50 Å². The lowest BCUT2D eigenvalue weighted by molar-refractivity contribution is 0.480. The first-order chi connectivity index (χ1) is 8.75. The molecule has 3 rings (SSSR count). The van der Waals surface area contributed by atoms with E-state index in [4.69, 9.17) is 0 Å². The molecule has 1 heterocycles. The Morgan fingerprint density at radius 2 is 1.83 bits per heavy atom. The molecule has 0 saturated carbocycles. The fourth-order valence-electron chi connectivity index (χ4n) is 1.94. The minimum atomic E-state index is -0.320. The van der Waals surface area contributed by atoms with Crippen LogP contribution in [0.1, 0.15) is 0 Å². The van der Waals surface area contributed by atoms with E-state index in [-0.39, 0.29) is 11.6 Å². The second-order valence-corrected chi connectivity index (χ2v) is 3.91. The summed E-state index contributed by atoms with van der Waals surface area (Å²) >= 11 is 0. The molecule has 88 valence electrons. The van der Waals surface area contributed by atoms with Gasteiger partial charge in [0.05, 0.1) is 5.69 Å². The van der Waals surface area contributed by atoms with E-state index in [0.29, 0.717) is 22.2 Å². The zero-order valence-electron chi connectivity index (χ0n) is 9.34. The number of nitrogens with zero attached hydrogens (tertiary/aromatic N) is 2. The molecule has 0 bridgehead atoms. The summed E-state index contributed by atoms with van der Waals surface area (Å²) in [4.78, 5) is 8.20. The van der Waals surface area contributed by atoms with Crippen molar-refractivity contribution >= 4 is 10.9 Å². The van der Waals surface area contributed by atoms with E-state index < -0.39 is 0 Å². The van der Waals surface area contributed by atoms with Crippen LogP contribution in [0.2, 0.25) is 0 Å². The first-order valence-corrected chi connectivity index (χ1v) is 5.44. The fraction of sp³-hybridized carbons (Fsp3) is 0. The molecular weight excluding hydrogens is 231 g/mol. The Labute approximate surface area is 103 Å². The molecule has 0 unspecified atom stereocenters. The predicted octanol–water partition coefficient (Wildman–Crippen LogP) is 3.14. The first-order valence-electron chi connectivity index (χ1n) is 5.44. The van der Waals surface area contributed by atoms with Crippen molar-refractivity contribution in [2.45, 2.75) is 0 Å². The monoisotopic (exact) mass is 240 g/mol. The van der Waals surface area contributed by atoms with E-state index in [1.165, 1.54) is 18.5 Å². The first kappa shape index (κ1) is 10.7. The number of phenols is 1. The summed E-state index contributed by atoms with van der Waals surface area (Å²) in [6, 6.07) is 11.3. The number of aromatic hydroxyl groups is 1. The van der Waals surface area contributed by atoms with Crippen molar-refractivity contribution in [1.29, 1.82) is 0 Å². The van der Waals surface area contributed by atoms with Crippen LogP contribution in [-0.2, 0) is 0 Å². The van der Waals surface area contributed by atoms with Gasteiger partial charge < -0.3 is 5.11 Å². The van der Waals surface area contributed by atoms with Crippen molar-refractivity contribution in [3.63, 3.8) is 0 Å². The highest BCUT2D eigenvalue weighted by Crippen LogP contribution is 2.29. The minimum absolute atomic E-state index is 0.0903. The van der Waals surface area contributed by atoms with Crippen LogP contribution in [0.5, 0.6) is 5.75 Å². The molecule has 0 radical (unpaired) electrons. The molecule has 0 amide bonds. The van der Waals surface area contributed by atoms with Gasteiger partial charge in [0, 0.05) is 10.9 Å². The zero-order chi connectivity index (χ0) is 12.5. The number of halogens is 1. The van der Waals surface area contributed by atoms with Gasteiger partial charge in [0.25, 0.3) is 0 Å². The van der Waals surface area contributed by atoms with Gasteiger partial charge in [0.2, 0.25) is 0 Å². The van der Waals surface area contributed by atoms with Crippen molar-refractivity contribution in [1.82, 2.24) is 9.97 Å². The zero-order valence-corrected chi connectivity index (χ0v) is 9.34. The highest BCUT2D eigenvalue weighted by Gasteiger charge is 2.09. The maximum Gasteiger partial charge on any atom is 0.141 e. The normalized spacial score (nSPS) is 10.7. The number of hydrogen-bond acceptors (Lipinski definition) is 3. The van der Waals surface area contributed by atoms with Crippen LogP contribution >= 0.6 is 0 Å². The molecule has 0 aliphatic rings. The summed E-state index contributed by atoms with van der Waals surface area (Å²) in [6.07, 6.45) is 1.36. The van der Waals surface area contributed by atoms with Crippen molar-refractivity contribution in [3.05, 3.63) is 54.6 Å². The number of hydrogen-bond donors (Lipinski definition) is 1. The van der Waals surface area contributed by atoms with Gasteiger partial charge in [-0.25, -0.2) is 14.4 Å². The molecule has 3 nitrogen and oxygen atoms in total. The van der Waals surface area contributed by atoms with Crippen molar-refractivity contribution in [2.24, 2.45) is 0 Å². The van der Waals surface area contributed by atoms with Gasteiger partial charge in [-0.05, 0) is 18.2 Å². The van der Waals surface area contributed by atoms with Gasteiger partial charge in [-0.3, -0.25) is 0 Å². The van der Waals surface area contributed by atoms with Gasteiger partial charge in [0.1, 0.15) is 23.4 Å². The van der Waals surface area contributed by atoms with E-state index in [0.717, 1.165) is 0 Å². The largest absolute Gasteiger partial charge is 0.506 e. The molecule has 1 aromatic heterocycles. The molecular formula is C14H9FN2O. The standard InChI is InChI=1S/C14H9FN2O/c15-10-4-1-3-9(7-10)13-11-5-2-6-12(18)14(11)17-8-16-13/h1-8,18H. The SMILES string of the molecule is Oc1cccc2c(-c3cccc(F)c3)ncnc12.